The number of rotatable bonds is 3. The second-order valence-electron chi connectivity index (χ2n) is 8.75. The zero-order chi connectivity index (χ0) is 21.6. The fraction of sp³-hybridized carbons (Fsp3) is 0.409. The van der Waals surface area contributed by atoms with Crippen molar-refractivity contribution in [3.8, 4) is 0 Å². The number of pyridine rings is 1. The molecule has 1 aliphatic rings. The molecule has 1 atom stereocenters. The number of hydrogen-bond acceptors (Lipinski definition) is 5. The number of nitrogens with zero attached hydrogens (tertiary/aromatic N) is 3. The average Bonchev–Trinajstić information content (AvgIpc) is 3.23. The summed E-state index contributed by atoms with van der Waals surface area (Å²) in [6.07, 6.45) is 1.50. The summed E-state index contributed by atoms with van der Waals surface area (Å²) in [4.78, 5) is 30.8. The number of carbonyl (C=O) groups excluding carboxylic acids is 2. The largest absolute Gasteiger partial charge is 0.444 e. The number of amides is 2. The van der Waals surface area contributed by atoms with Crippen molar-refractivity contribution >= 4 is 39.8 Å². The zero-order valence-corrected chi connectivity index (χ0v) is 17.5. The molecule has 8 nitrogen and oxygen atoms in total. The molecule has 0 radical (unpaired) electrons. The number of fused-ring (bicyclic) bond motifs is 3. The quantitative estimate of drug-likeness (QED) is 0.689. The Kier molecular flexibility index (Phi) is 4.80. The Morgan fingerprint density at radius 1 is 1.23 bits per heavy atom. The van der Waals surface area contributed by atoms with Crippen molar-refractivity contribution in [3.05, 3.63) is 35.9 Å². The van der Waals surface area contributed by atoms with Crippen LogP contribution in [0.2, 0.25) is 0 Å². The van der Waals surface area contributed by atoms with Crippen molar-refractivity contribution in [2.45, 2.75) is 51.8 Å². The van der Waals surface area contributed by atoms with Gasteiger partial charge in [0, 0.05) is 23.9 Å². The highest BCUT2D eigenvalue weighted by molar-refractivity contribution is 6.10. The number of nitrogen functional groups attached to an aromatic ring is 1. The standard InChI is InChI=1S/C22H27N5O3/c1-22(2,3)30-21(29)26-10-6-7-13(26)12-27-17-9-5-4-8-14(17)15-11-16(19(24)28)18(23)25-20(15)27/h4-5,8-9,11,13H,6-7,10,12H2,1-3H3,(H2,23,25)(H2,24,28). The van der Waals surface area contributed by atoms with Crippen LogP contribution in [0.1, 0.15) is 44.0 Å². The summed E-state index contributed by atoms with van der Waals surface area (Å²) in [5.41, 5.74) is 12.8. The maximum Gasteiger partial charge on any atom is 0.410 e. The van der Waals surface area contributed by atoms with E-state index in [0.29, 0.717) is 18.7 Å². The average molecular weight is 409 g/mol. The molecule has 1 fully saturated rings. The van der Waals surface area contributed by atoms with Crippen molar-refractivity contribution in [1.82, 2.24) is 14.5 Å². The van der Waals surface area contributed by atoms with Crippen molar-refractivity contribution in [2.24, 2.45) is 5.73 Å². The minimum Gasteiger partial charge on any atom is -0.444 e. The number of benzene rings is 1. The lowest BCUT2D eigenvalue weighted by Crippen LogP contribution is -2.41. The van der Waals surface area contributed by atoms with E-state index in [1.54, 1.807) is 11.0 Å². The smallest absolute Gasteiger partial charge is 0.410 e. The highest BCUT2D eigenvalue weighted by Gasteiger charge is 2.33. The molecule has 0 saturated carbocycles. The van der Waals surface area contributed by atoms with Gasteiger partial charge in [-0.1, -0.05) is 18.2 Å². The van der Waals surface area contributed by atoms with Gasteiger partial charge in [0.05, 0.1) is 17.1 Å². The van der Waals surface area contributed by atoms with E-state index >= 15 is 0 Å². The lowest BCUT2D eigenvalue weighted by Gasteiger charge is -2.29. The summed E-state index contributed by atoms with van der Waals surface area (Å²) < 4.78 is 7.67. The number of anilines is 1. The van der Waals surface area contributed by atoms with E-state index in [2.05, 4.69) is 9.55 Å². The van der Waals surface area contributed by atoms with Crippen LogP contribution >= 0.6 is 0 Å². The molecule has 0 spiro atoms. The Balaban J connectivity index is 1.77. The summed E-state index contributed by atoms with van der Waals surface area (Å²) in [5.74, 6) is -0.500. The normalized spacial score (nSPS) is 17.0. The Morgan fingerprint density at radius 3 is 2.67 bits per heavy atom. The molecule has 8 heteroatoms. The third-order valence-electron chi connectivity index (χ3n) is 5.44. The summed E-state index contributed by atoms with van der Waals surface area (Å²) in [7, 11) is 0. The summed E-state index contributed by atoms with van der Waals surface area (Å²) in [6, 6.07) is 9.57. The fourth-order valence-corrected chi connectivity index (χ4v) is 4.15. The van der Waals surface area contributed by atoms with Crippen LogP contribution in [0, 0.1) is 0 Å². The lowest BCUT2D eigenvalue weighted by molar-refractivity contribution is 0.0215. The summed E-state index contributed by atoms with van der Waals surface area (Å²) in [5, 5.41) is 1.78. The van der Waals surface area contributed by atoms with Gasteiger partial charge in [-0.15, -0.1) is 0 Å². The molecule has 0 bridgehead atoms. The molecule has 4 N–H and O–H groups in total. The Hall–Kier alpha value is -3.29. The Morgan fingerprint density at radius 2 is 1.97 bits per heavy atom. The zero-order valence-electron chi connectivity index (χ0n) is 17.5. The van der Waals surface area contributed by atoms with E-state index in [0.717, 1.165) is 29.1 Å². The molecule has 1 saturated heterocycles. The highest BCUT2D eigenvalue weighted by atomic mass is 16.6. The first-order valence-corrected chi connectivity index (χ1v) is 10.1. The number of primary amides is 1. The first-order chi connectivity index (χ1) is 14.2. The number of para-hydroxylation sites is 1. The van der Waals surface area contributed by atoms with Crippen molar-refractivity contribution < 1.29 is 14.3 Å². The third-order valence-corrected chi connectivity index (χ3v) is 5.44. The molecule has 2 amide bonds. The number of aromatic nitrogens is 2. The summed E-state index contributed by atoms with van der Waals surface area (Å²) >= 11 is 0. The molecule has 30 heavy (non-hydrogen) atoms. The molecule has 3 heterocycles. The molecule has 3 aromatic rings. The van der Waals surface area contributed by atoms with E-state index in [1.165, 1.54) is 0 Å². The van der Waals surface area contributed by atoms with Gasteiger partial charge >= 0.3 is 6.09 Å². The van der Waals surface area contributed by atoms with Crippen LogP contribution in [0.4, 0.5) is 10.6 Å². The molecule has 1 unspecified atom stereocenters. The first-order valence-electron chi connectivity index (χ1n) is 10.1. The van der Waals surface area contributed by atoms with Crippen LogP contribution in [0.3, 0.4) is 0 Å². The maximum atomic E-state index is 12.7. The fourth-order valence-electron chi connectivity index (χ4n) is 4.15. The molecule has 2 aromatic heterocycles. The van der Waals surface area contributed by atoms with Crippen LogP contribution in [0.15, 0.2) is 30.3 Å². The van der Waals surface area contributed by atoms with E-state index < -0.39 is 11.5 Å². The number of ether oxygens (including phenoxy) is 1. The first kappa shape index (κ1) is 20.0. The summed E-state index contributed by atoms with van der Waals surface area (Å²) in [6.45, 7) is 6.83. The number of likely N-dealkylation sites (tertiary alicyclic amines) is 1. The van der Waals surface area contributed by atoms with Gasteiger partial charge in [-0.25, -0.2) is 9.78 Å². The highest BCUT2D eigenvalue weighted by Crippen LogP contribution is 2.32. The van der Waals surface area contributed by atoms with Crippen LogP contribution in [0.5, 0.6) is 0 Å². The van der Waals surface area contributed by atoms with Crippen LogP contribution in [0.25, 0.3) is 21.9 Å². The minimum atomic E-state index is -0.606. The topological polar surface area (TPSA) is 116 Å². The molecule has 1 aromatic carbocycles. The molecule has 158 valence electrons. The second kappa shape index (κ2) is 7.19. The van der Waals surface area contributed by atoms with Crippen molar-refractivity contribution in [1.29, 1.82) is 0 Å². The van der Waals surface area contributed by atoms with E-state index in [1.807, 2.05) is 45.0 Å². The van der Waals surface area contributed by atoms with E-state index in [-0.39, 0.29) is 23.5 Å². The molecule has 0 aliphatic carbocycles. The Labute approximate surface area is 174 Å². The van der Waals surface area contributed by atoms with Crippen LogP contribution < -0.4 is 11.5 Å². The van der Waals surface area contributed by atoms with E-state index in [9.17, 15) is 9.59 Å². The molecule has 1 aliphatic heterocycles. The van der Waals surface area contributed by atoms with Gasteiger partial charge in [0.15, 0.2) is 0 Å². The number of hydrogen-bond donors (Lipinski definition) is 2. The Bertz CT molecular complexity index is 1150. The monoisotopic (exact) mass is 409 g/mol. The minimum absolute atomic E-state index is 0.0160. The van der Waals surface area contributed by atoms with E-state index in [4.69, 9.17) is 16.2 Å². The molecular formula is C22H27N5O3. The van der Waals surface area contributed by atoms with Gasteiger partial charge in [-0.05, 0) is 45.7 Å². The second-order valence-corrected chi connectivity index (χ2v) is 8.75. The SMILES string of the molecule is CC(C)(C)OC(=O)N1CCCC1Cn1c2ccccc2c2cc(C(N)=O)c(N)nc21. The van der Waals surface area contributed by atoms with Crippen LogP contribution in [-0.2, 0) is 11.3 Å². The van der Waals surface area contributed by atoms with Gasteiger partial charge in [-0.2, -0.15) is 0 Å². The van der Waals surface area contributed by atoms with Gasteiger partial charge in [0.1, 0.15) is 17.1 Å². The van der Waals surface area contributed by atoms with Gasteiger partial charge < -0.3 is 25.7 Å². The van der Waals surface area contributed by atoms with Crippen molar-refractivity contribution in [2.75, 3.05) is 12.3 Å². The van der Waals surface area contributed by atoms with Crippen molar-refractivity contribution in [3.63, 3.8) is 0 Å². The van der Waals surface area contributed by atoms with Gasteiger partial charge in [-0.3, -0.25) is 4.79 Å². The predicted octanol–water partition coefficient (Wildman–Crippen LogP) is 3.27. The van der Waals surface area contributed by atoms with Gasteiger partial charge in [0.25, 0.3) is 5.91 Å². The third kappa shape index (κ3) is 3.53. The predicted molar refractivity (Wildman–Crippen MR) is 116 cm³/mol. The van der Waals surface area contributed by atoms with Gasteiger partial charge in [0.2, 0.25) is 0 Å². The van der Waals surface area contributed by atoms with Crippen LogP contribution in [-0.4, -0.2) is 44.6 Å². The molecular weight excluding hydrogens is 382 g/mol. The number of carbonyl (C=O) groups is 2. The lowest BCUT2D eigenvalue weighted by atomic mass is 10.1. The maximum absolute atomic E-state index is 12.7. The molecule has 4 rings (SSSR count). The number of nitrogens with two attached hydrogens (primary N) is 2.